The molecule has 2 aromatic carbocycles. The number of carbonyl (C=O) groups is 1. The minimum Gasteiger partial charge on any atom is -0.341 e. The molecule has 0 atom stereocenters. The highest BCUT2D eigenvalue weighted by molar-refractivity contribution is 9.11. The number of piperidine rings is 1. The molecule has 0 aliphatic carbocycles. The third-order valence-corrected chi connectivity index (χ3v) is 6.49. The lowest BCUT2D eigenvalue weighted by Crippen LogP contribution is -2.44. The summed E-state index contributed by atoms with van der Waals surface area (Å²) >= 11 is 7.00. The fourth-order valence-electron chi connectivity index (χ4n) is 4.16. The average Bonchev–Trinajstić information content (AvgIpc) is 2.61. The number of halogens is 3. The van der Waals surface area contributed by atoms with Gasteiger partial charge in [-0.05, 0) is 79.9 Å². The van der Waals surface area contributed by atoms with E-state index in [0.29, 0.717) is 13.0 Å². The summed E-state index contributed by atoms with van der Waals surface area (Å²) in [6, 6.07) is 11.0. The Balaban J connectivity index is 1.81. The van der Waals surface area contributed by atoms with Gasteiger partial charge in [0.05, 0.1) is 0 Å². The number of hydrogen-bond donors (Lipinski definition) is 1. The van der Waals surface area contributed by atoms with Crippen LogP contribution >= 0.6 is 31.9 Å². The lowest BCUT2D eigenvalue weighted by atomic mass is 9.69. The van der Waals surface area contributed by atoms with Crippen LogP contribution in [0.4, 0.5) is 4.39 Å². The van der Waals surface area contributed by atoms with Crippen LogP contribution in [0.15, 0.2) is 45.3 Å². The smallest absolute Gasteiger partial charge is 0.223 e. The average molecular weight is 512 g/mol. The minimum atomic E-state index is -0.244. The molecule has 1 saturated heterocycles. The van der Waals surface area contributed by atoms with Gasteiger partial charge in [0.25, 0.3) is 0 Å². The van der Waals surface area contributed by atoms with Gasteiger partial charge in [-0.1, -0.05) is 37.9 Å². The zero-order valence-corrected chi connectivity index (χ0v) is 19.4. The molecule has 1 amide bonds. The first-order valence-corrected chi connectivity index (χ1v) is 11.0. The van der Waals surface area contributed by atoms with Crippen molar-refractivity contribution >= 4 is 37.8 Å². The molecule has 1 aliphatic heterocycles. The molecule has 0 saturated carbocycles. The Morgan fingerprint density at radius 2 is 1.79 bits per heavy atom. The van der Waals surface area contributed by atoms with Gasteiger partial charge in [-0.15, -0.1) is 0 Å². The summed E-state index contributed by atoms with van der Waals surface area (Å²) in [4.78, 5) is 14.9. The number of benzene rings is 2. The van der Waals surface area contributed by atoms with Gasteiger partial charge in [0.2, 0.25) is 5.91 Å². The van der Waals surface area contributed by atoms with Gasteiger partial charge < -0.3 is 10.2 Å². The molecule has 2 aromatic rings. The van der Waals surface area contributed by atoms with Crippen LogP contribution in [0, 0.1) is 12.7 Å². The van der Waals surface area contributed by atoms with Gasteiger partial charge >= 0.3 is 0 Å². The summed E-state index contributed by atoms with van der Waals surface area (Å²) in [6.45, 7) is 4.22. The number of carbonyl (C=O) groups excluding carboxylic acids is 1. The molecule has 28 heavy (non-hydrogen) atoms. The third-order valence-electron chi connectivity index (χ3n) is 5.58. The number of amides is 1. The van der Waals surface area contributed by atoms with Gasteiger partial charge in [0.15, 0.2) is 0 Å². The fourth-order valence-corrected chi connectivity index (χ4v) is 5.55. The predicted octanol–water partition coefficient (Wildman–Crippen LogP) is 5.33. The summed E-state index contributed by atoms with van der Waals surface area (Å²) in [5.41, 5.74) is 2.84. The molecule has 0 spiro atoms. The molecule has 1 aliphatic rings. The normalized spacial score (nSPS) is 16.0. The molecule has 3 nitrogen and oxygen atoms in total. The lowest BCUT2D eigenvalue weighted by Gasteiger charge is -2.39. The van der Waals surface area contributed by atoms with Crippen molar-refractivity contribution in [1.82, 2.24) is 10.2 Å². The zero-order chi connectivity index (χ0) is 20.3. The maximum Gasteiger partial charge on any atom is 0.223 e. The monoisotopic (exact) mass is 510 g/mol. The Bertz CT molecular complexity index is 845. The maximum atomic E-state index is 13.6. The van der Waals surface area contributed by atoms with E-state index in [1.165, 1.54) is 6.07 Å². The standard InChI is InChI=1S/C22H25Br2FN2O/c1-15-9-19(25)3-4-20(15)22(5-7-26-8-6-22)13-21(28)27(2)14-16-10-17(23)12-18(24)11-16/h3-4,9-12,26H,5-8,13-14H2,1-2H3. The Hall–Kier alpha value is -1.24. The second kappa shape index (κ2) is 9.06. The van der Waals surface area contributed by atoms with Crippen molar-refractivity contribution in [2.24, 2.45) is 0 Å². The van der Waals surface area contributed by atoms with E-state index in [2.05, 4.69) is 37.2 Å². The van der Waals surface area contributed by atoms with Crippen molar-refractivity contribution in [1.29, 1.82) is 0 Å². The second-order valence-electron chi connectivity index (χ2n) is 7.69. The number of nitrogens with zero attached hydrogens (tertiary/aromatic N) is 1. The van der Waals surface area contributed by atoms with Crippen molar-refractivity contribution in [2.75, 3.05) is 20.1 Å². The topological polar surface area (TPSA) is 32.3 Å². The van der Waals surface area contributed by atoms with E-state index in [1.807, 2.05) is 38.2 Å². The van der Waals surface area contributed by atoms with Crippen LogP contribution < -0.4 is 5.32 Å². The largest absolute Gasteiger partial charge is 0.341 e. The first-order valence-electron chi connectivity index (χ1n) is 9.45. The van der Waals surface area contributed by atoms with Crippen LogP contribution in [0.1, 0.15) is 36.0 Å². The van der Waals surface area contributed by atoms with Crippen LogP contribution in [0.3, 0.4) is 0 Å². The third kappa shape index (κ3) is 5.02. The molecule has 1 fully saturated rings. The molecule has 3 rings (SSSR count). The van der Waals surface area contributed by atoms with Crippen LogP contribution in [0.25, 0.3) is 0 Å². The molecule has 1 heterocycles. The quantitative estimate of drug-likeness (QED) is 0.588. The van der Waals surface area contributed by atoms with Crippen molar-refractivity contribution in [3.05, 3.63) is 67.9 Å². The molecule has 0 radical (unpaired) electrons. The molecule has 0 unspecified atom stereocenters. The van der Waals surface area contributed by atoms with Crippen LogP contribution in [-0.2, 0) is 16.8 Å². The van der Waals surface area contributed by atoms with Crippen molar-refractivity contribution in [2.45, 2.75) is 38.1 Å². The van der Waals surface area contributed by atoms with Gasteiger partial charge in [-0.2, -0.15) is 0 Å². The van der Waals surface area contributed by atoms with Crippen molar-refractivity contribution < 1.29 is 9.18 Å². The highest BCUT2D eigenvalue weighted by atomic mass is 79.9. The first kappa shape index (κ1) is 21.5. The summed E-state index contributed by atoms with van der Waals surface area (Å²) in [5.74, 6) is -0.115. The van der Waals surface area contributed by atoms with Crippen molar-refractivity contribution in [3.8, 4) is 0 Å². The summed E-state index contributed by atoms with van der Waals surface area (Å²) < 4.78 is 15.6. The van der Waals surface area contributed by atoms with E-state index in [4.69, 9.17) is 0 Å². The summed E-state index contributed by atoms with van der Waals surface area (Å²) in [6.07, 6.45) is 2.19. The summed E-state index contributed by atoms with van der Waals surface area (Å²) in [5, 5.41) is 3.39. The van der Waals surface area contributed by atoms with E-state index in [0.717, 1.165) is 51.6 Å². The van der Waals surface area contributed by atoms with Gasteiger partial charge in [-0.3, -0.25) is 4.79 Å². The molecule has 0 aromatic heterocycles. The van der Waals surface area contributed by atoms with Crippen LogP contribution in [-0.4, -0.2) is 30.9 Å². The SMILES string of the molecule is Cc1cc(F)ccc1C1(CC(=O)N(C)Cc2cc(Br)cc(Br)c2)CCNCC1. The fraction of sp³-hybridized carbons (Fsp3) is 0.409. The highest BCUT2D eigenvalue weighted by Crippen LogP contribution is 2.39. The maximum absolute atomic E-state index is 13.6. The first-order chi connectivity index (χ1) is 13.3. The number of hydrogen-bond acceptors (Lipinski definition) is 2. The van der Waals surface area contributed by atoms with Gasteiger partial charge in [0, 0.05) is 34.4 Å². The van der Waals surface area contributed by atoms with Crippen molar-refractivity contribution in [3.63, 3.8) is 0 Å². The molecular weight excluding hydrogens is 487 g/mol. The van der Waals surface area contributed by atoms with E-state index in [-0.39, 0.29) is 17.1 Å². The molecular formula is C22H25Br2FN2O. The van der Waals surface area contributed by atoms with Gasteiger partial charge in [0.1, 0.15) is 5.82 Å². The predicted molar refractivity (Wildman–Crippen MR) is 118 cm³/mol. The number of nitrogens with one attached hydrogen (secondary N) is 1. The van der Waals surface area contributed by atoms with E-state index < -0.39 is 0 Å². The highest BCUT2D eigenvalue weighted by Gasteiger charge is 2.37. The zero-order valence-electron chi connectivity index (χ0n) is 16.2. The van der Waals surface area contributed by atoms with E-state index in [1.54, 1.807) is 11.0 Å². The molecule has 6 heteroatoms. The molecule has 150 valence electrons. The Labute approximate surface area is 183 Å². The lowest BCUT2D eigenvalue weighted by molar-refractivity contribution is -0.132. The summed E-state index contributed by atoms with van der Waals surface area (Å²) in [7, 11) is 1.85. The Kier molecular flexibility index (Phi) is 6.94. The molecule has 0 bridgehead atoms. The van der Waals surface area contributed by atoms with Gasteiger partial charge in [-0.25, -0.2) is 4.39 Å². The molecule has 1 N–H and O–H groups in total. The Morgan fingerprint density at radius 3 is 2.39 bits per heavy atom. The Morgan fingerprint density at radius 1 is 1.14 bits per heavy atom. The van der Waals surface area contributed by atoms with Crippen LogP contribution in [0.5, 0.6) is 0 Å². The number of aryl methyl sites for hydroxylation is 1. The van der Waals surface area contributed by atoms with E-state index >= 15 is 0 Å². The number of rotatable bonds is 5. The second-order valence-corrected chi connectivity index (χ2v) is 9.53. The van der Waals surface area contributed by atoms with E-state index in [9.17, 15) is 9.18 Å². The van der Waals surface area contributed by atoms with Crippen LogP contribution in [0.2, 0.25) is 0 Å². The minimum absolute atomic E-state index is 0.113.